The van der Waals surface area contributed by atoms with Crippen LogP contribution >= 0.6 is 11.6 Å². The first kappa shape index (κ1) is 17.9. The number of nitrogens with zero attached hydrogens (tertiary/aromatic N) is 5. The van der Waals surface area contributed by atoms with Gasteiger partial charge in [0.2, 0.25) is 0 Å². The second-order valence-corrected chi connectivity index (χ2v) is 7.64. The molecule has 1 aliphatic heterocycles. The zero-order valence-electron chi connectivity index (χ0n) is 15.6. The predicted molar refractivity (Wildman–Crippen MR) is 110 cm³/mol. The van der Waals surface area contributed by atoms with Crippen LogP contribution in [0, 0.1) is 0 Å². The average Bonchev–Trinajstić information content (AvgIpc) is 3.41. The van der Waals surface area contributed by atoms with Crippen LogP contribution in [-0.2, 0) is 0 Å². The van der Waals surface area contributed by atoms with Crippen molar-refractivity contribution in [3.8, 4) is 5.69 Å². The summed E-state index contributed by atoms with van der Waals surface area (Å²) in [7, 11) is 0. The summed E-state index contributed by atoms with van der Waals surface area (Å²) in [5.41, 5.74) is 2.98. The van der Waals surface area contributed by atoms with E-state index in [1.807, 2.05) is 47.4 Å². The number of nitrogens with one attached hydrogen (secondary N) is 1. The molecule has 1 atom stereocenters. The van der Waals surface area contributed by atoms with Crippen LogP contribution in [0.1, 0.15) is 35.1 Å². The van der Waals surface area contributed by atoms with E-state index in [1.54, 1.807) is 12.3 Å². The smallest absolute Gasteiger partial charge is 0.276 e. The van der Waals surface area contributed by atoms with Gasteiger partial charge in [-0.05, 0) is 37.1 Å². The molecular formula is C21H19ClN6O. The van der Waals surface area contributed by atoms with E-state index >= 15 is 0 Å². The van der Waals surface area contributed by atoms with E-state index in [9.17, 15) is 4.79 Å². The molecule has 2 aromatic heterocycles. The fourth-order valence-electron chi connectivity index (χ4n) is 3.83. The van der Waals surface area contributed by atoms with Crippen molar-refractivity contribution in [2.75, 3.05) is 13.1 Å². The van der Waals surface area contributed by atoms with Gasteiger partial charge in [-0.1, -0.05) is 41.1 Å². The summed E-state index contributed by atoms with van der Waals surface area (Å²) in [5, 5.41) is 8.72. The summed E-state index contributed by atoms with van der Waals surface area (Å²) in [4.78, 5) is 23.0. The van der Waals surface area contributed by atoms with Gasteiger partial charge in [-0.2, -0.15) is 0 Å². The molecule has 0 spiro atoms. The van der Waals surface area contributed by atoms with Gasteiger partial charge < -0.3 is 9.88 Å². The lowest BCUT2D eigenvalue weighted by molar-refractivity contribution is 0.0699. The first-order chi connectivity index (χ1) is 14.2. The Labute approximate surface area is 172 Å². The van der Waals surface area contributed by atoms with E-state index in [1.165, 1.54) is 4.68 Å². The Morgan fingerprint density at radius 2 is 1.97 bits per heavy atom. The lowest BCUT2D eigenvalue weighted by Gasteiger charge is -2.31. The molecule has 0 radical (unpaired) electrons. The number of carbonyl (C=O) groups is 1. The lowest BCUT2D eigenvalue weighted by atomic mass is 9.97. The topological polar surface area (TPSA) is 79.7 Å². The number of imidazole rings is 1. The van der Waals surface area contributed by atoms with E-state index in [0.717, 1.165) is 29.7 Å². The third-order valence-corrected chi connectivity index (χ3v) is 5.63. The molecule has 1 fully saturated rings. The molecule has 1 saturated heterocycles. The van der Waals surface area contributed by atoms with Gasteiger partial charge >= 0.3 is 0 Å². The maximum absolute atomic E-state index is 13.0. The maximum atomic E-state index is 13.0. The first-order valence-electron chi connectivity index (χ1n) is 9.60. The molecule has 0 saturated carbocycles. The van der Waals surface area contributed by atoms with Crippen LogP contribution in [0.4, 0.5) is 0 Å². The molecule has 5 rings (SSSR count). The van der Waals surface area contributed by atoms with Crippen LogP contribution in [0.25, 0.3) is 16.7 Å². The van der Waals surface area contributed by atoms with E-state index < -0.39 is 0 Å². The monoisotopic (exact) mass is 406 g/mol. The molecule has 7 nitrogen and oxygen atoms in total. The number of aromatic amines is 1. The minimum Gasteiger partial charge on any atom is -0.342 e. The third-order valence-electron chi connectivity index (χ3n) is 5.31. The van der Waals surface area contributed by atoms with Gasteiger partial charge in [0, 0.05) is 19.0 Å². The number of hydrogen-bond acceptors (Lipinski definition) is 4. The maximum Gasteiger partial charge on any atom is 0.276 e. The molecule has 4 aromatic rings. The van der Waals surface area contributed by atoms with Crippen molar-refractivity contribution in [2.24, 2.45) is 0 Å². The minimum atomic E-state index is -0.121. The number of benzene rings is 2. The molecule has 3 heterocycles. The summed E-state index contributed by atoms with van der Waals surface area (Å²) >= 11 is 6.22. The zero-order chi connectivity index (χ0) is 19.8. The summed E-state index contributed by atoms with van der Waals surface area (Å²) in [6.45, 7) is 1.31. The van der Waals surface area contributed by atoms with Crippen molar-refractivity contribution >= 4 is 28.5 Å². The van der Waals surface area contributed by atoms with E-state index in [2.05, 4.69) is 15.3 Å². The number of piperidine rings is 1. The second-order valence-electron chi connectivity index (χ2n) is 7.23. The summed E-state index contributed by atoms with van der Waals surface area (Å²) in [6, 6.07) is 15.3. The number of likely N-dealkylation sites (tertiary alicyclic amines) is 1. The zero-order valence-corrected chi connectivity index (χ0v) is 16.4. The second kappa shape index (κ2) is 7.33. The van der Waals surface area contributed by atoms with Crippen LogP contribution < -0.4 is 0 Å². The number of halogens is 1. The molecule has 1 N–H and O–H groups in total. The standard InChI is InChI=1S/C21H19ClN6O/c22-15-7-1-4-10-19(15)28-13-18(25-26-28)21(29)27-11-5-6-14(12-27)20-23-16-8-2-3-9-17(16)24-20/h1-4,7-10,13-14H,5-6,11-12H2,(H,23,24). The van der Waals surface area contributed by atoms with Crippen LogP contribution in [0.15, 0.2) is 54.7 Å². The fraction of sp³-hybridized carbons (Fsp3) is 0.238. The molecule has 29 heavy (non-hydrogen) atoms. The Kier molecular flexibility index (Phi) is 4.52. The third kappa shape index (κ3) is 3.38. The number of aromatic nitrogens is 5. The number of carbonyl (C=O) groups excluding carboxylic acids is 1. The summed E-state index contributed by atoms with van der Waals surface area (Å²) in [6.07, 6.45) is 3.55. The number of rotatable bonds is 3. The Bertz CT molecular complexity index is 1150. The summed E-state index contributed by atoms with van der Waals surface area (Å²) in [5.74, 6) is 0.992. The molecule has 1 unspecified atom stereocenters. The number of H-pyrrole nitrogens is 1. The van der Waals surface area contributed by atoms with Crippen LogP contribution in [0.5, 0.6) is 0 Å². The van der Waals surface area contributed by atoms with Crippen LogP contribution in [-0.4, -0.2) is 48.9 Å². The van der Waals surface area contributed by atoms with Gasteiger partial charge in [-0.15, -0.1) is 5.10 Å². The number of amides is 1. The van der Waals surface area contributed by atoms with Gasteiger partial charge in [0.1, 0.15) is 5.82 Å². The number of fused-ring (bicyclic) bond motifs is 1. The molecule has 0 aliphatic carbocycles. The lowest BCUT2D eigenvalue weighted by Crippen LogP contribution is -2.39. The predicted octanol–water partition coefficient (Wildman–Crippen LogP) is 3.82. The van der Waals surface area contributed by atoms with Crippen molar-refractivity contribution < 1.29 is 4.79 Å². The Morgan fingerprint density at radius 1 is 1.14 bits per heavy atom. The SMILES string of the molecule is O=C(c1cn(-c2ccccc2Cl)nn1)N1CCCC(c2nc3ccccc3[nH]2)C1. The van der Waals surface area contributed by atoms with Gasteiger partial charge in [0.15, 0.2) is 5.69 Å². The van der Waals surface area contributed by atoms with Gasteiger partial charge in [0.25, 0.3) is 5.91 Å². The Hall–Kier alpha value is -3.19. The summed E-state index contributed by atoms with van der Waals surface area (Å²) < 4.78 is 1.54. The van der Waals surface area contributed by atoms with E-state index in [-0.39, 0.29) is 11.8 Å². The van der Waals surface area contributed by atoms with Gasteiger partial charge in [-0.3, -0.25) is 4.79 Å². The Morgan fingerprint density at radius 3 is 2.83 bits per heavy atom. The molecular weight excluding hydrogens is 388 g/mol. The van der Waals surface area contributed by atoms with E-state index in [0.29, 0.717) is 29.5 Å². The highest BCUT2D eigenvalue weighted by atomic mass is 35.5. The van der Waals surface area contributed by atoms with Crippen molar-refractivity contribution in [1.29, 1.82) is 0 Å². The normalized spacial score (nSPS) is 17.0. The number of hydrogen-bond donors (Lipinski definition) is 1. The molecule has 8 heteroatoms. The van der Waals surface area contributed by atoms with Gasteiger partial charge in [-0.25, -0.2) is 9.67 Å². The fourth-order valence-corrected chi connectivity index (χ4v) is 4.05. The highest BCUT2D eigenvalue weighted by Gasteiger charge is 2.28. The highest BCUT2D eigenvalue weighted by molar-refractivity contribution is 6.32. The highest BCUT2D eigenvalue weighted by Crippen LogP contribution is 2.27. The van der Waals surface area contributed by atoms with Crippen molar-refractivity contribution in [1.82, 2.24) is 29.9 Å². The molecule has 1 aliphatic rings. The van der Waals surface area contributed by atoms with Crippen molar-refractivity contribution in [2.45, 2.75) is 18.8 Å². The number of para-hydroxylation sites is 3. The average molecular weight is 407 g/mol. The molecule has 1 amide bonds. The largest absolute Gasteiger partial charge is 0.342 e. The molecule has 146 valence electrons. The quantitative estimate of drug-likeness (QED) is 0.561. The van der Waals surface area contributed by atoms with Crippen molar-refractivity contribution in [3.63, 3.8) is 0 Å². The van der Waals surface area contributed by atoms with Crippen LogP contribution in [0.2, 0.25) is 5.02 Å². The van der Waals surface area contributed by atoms with Crippen LogP contribution in [0.3, 0.4) is 0 Å². The molecule has 2 aromatic carbocycles. The minimum absolute atomic E-state index is 0.121. The first-order valence-corrected chi connectivity index (χ1v) is 9.98. The van der Waals surface area contributed by atoms with Gasteiger partial charge in [0.05, 0.1) is 27.9 Å². The van der Waals surface area contributed by atoms with Crippen molar-refractivity contribution in [3.05, 3.63) is 71.3 Å². The Balaban J connectivity index is 1.35. The molecule has 0 bridgehead atoms. The van der Waals surface area contributed by atoms with E-state index in [4.69, 9.17) is 16.6 Å².